The summed E-state index contributed by atoms with van der Waals surface area (Å²) in [5.41, 5.74) is 2.07. The highest BCUT2D eigenvalue weighted by atomic mass is 32.2. The normalized spacial score (nSPS) is 16.2. The third kappa shape index (κ3) is 5.80. The van der Waals surface area contributed by atoms with Gasteiger partial charge in [-0.15, -0.1) is 0 Å². The summed E-state index contributed by atoms with van der Waals surface area (Å²) in [5, 5.41) is 2.75. The molecule has 0 aliphatic carbocycles. The molecule has 0 radical (unpaired) electrons. The number of amides is 2. The second-order valence-corrected chi connectivity index (χ2v) is 9.06. The number of thioether (sulfide) groups is 1. The molecule has 3 aromatic rings. The number of anilines is 1. The van der Waals surface area contributed by atoms with Gasteiger partial charge in [0.2, 0.25) is 11.8 Å². The number of carbonyl (C=O) groups excluding carboxylic acids is 2. The number of aliphatic imine (C=N–C) groups is 1. The van der Waals surface area contributed by atoms with Crippen molar-refractivity contribution in [2.24, 2.45) is 4.99 Å². The van der Waals surface area contributed by atoms with Gasteiger partial charge in [-0.1, -0.05) is 42.1 Å². The molecule has 1 atom stereocenters. The molecule has 1 aliphatic rings. The Morgan fingerprint density at radius 2 is 1.58 bits per heavy atom. The van der Waals surface area contributed by atoms with E-state index >= 15 is 0 Å². The number of ether oxygens (including phenoxy) is 3. The Labute approximate surface area is 214 Å². The van der Waals surface area contributed by atoms with Crippen LogP contribution in [0.2, 0.25) is 0 Å². The van der Waals surface area contributed by atoms with E-state index in [1.165, 1.54) is 11.8 Å². The van der Waals surface area contributed by atoms with E-state index in [9.17, 15) is 9.59 Å². The summed E-state index contributed by atoms with van der Waals surface area (Å²) in [5.74, 6) is 1.47. The molecule has 0 saturated carbocycles. The Hall–Kier alpha value is -3.98. The highest BCUT2D eigenvalue weighted by Gasteiger charge is 2.39. The molecule has 2 amide bonds. The number of rotatable bonds is 9. The van der Waals surface area contributed by atoms with Crippen molar-refractivity contribution in [3.63, 3.8) is 0 Å². The van der Waals surface area contributed by atoms with Crippen LogP contribution in [-0.2, 0) is 16.1 Å². The molecule has 0 unspecified atom stereocenters. The molecule has 4 rings (SSSR count). The van der Waals surface area contributed by atoms with E-state index in [1.807, 2.05) is 60.7 Å². The van der Waals surface area contributed by atoms with Crippen molar-refractivity contribution in [1.82, 2.24) is 4.90 Å². The first-order valence-corrected chi connectivity index (χ1v) is 12.2. The number of benzene rings is 3. The molecule has 8 nitrogen and oxygen atoms in total. The first kappa shape index (κ1) is 25.1. The third-order valence-electron chi connectivity index (χ3n) is 5.59. The Bertz CT molecular complexity index is 1260. The zero-order chi connectivity index (χ0) is 25.5. The minimum Gasteiger partial charge on any atom is -0.497 e. The molecule has 9 heteroatoms. The molecule has 1 heterocycles. The standard InChI is InChI=1S/C27H27N3O5S/c1-33-20-14-12-19(13-15-20)28-27-30(17-18-8-4-6-10-22(18)34-2)26(32)24(36-27)16-25(31)29-21-9-5-7-11-23(21)35-3/h4-15,24H,16-17H2,1-3H3,(H,29,31)/t24-/m0/s1. The molecule has 1 saturated heterocycles. The second-order valence-electron chi connectivity index (χ2n) is 7.89. The van der Waals surface area contributed by atoms with Crippen LogP contribution in [0.3, 0.4) is 0 Å². The molecule has 1 fully saturated rings. The predicted molar refractivity (Wildman–Crippen MR) is 141 cm³/mol. The number of methoxy groups -OCH3 is 3. The average molecular weight is 506 g/mol. The lowest BCUT2D eigenvalue weighted by molar-refractivity contribution is -0.128. The zero-order valence-corrected chi connectivity index (χ0v) is 21.1. The van der Waals surface area contributed by atoms with Gasteiger partial charge >= 0.3 is 0 Å². The largest absolute Gasteiger partial charge is 0.497 e. The van der Waals surface area contributed by atoms with E-state index in [-0.39, 0.29) is 24.8 Å². The summed E-state index contributed by atoms with van der Waals surface area (Å²) in [7, 11) is 4.73. The van der Waals surface area contributed by atoms with Gasteiger partial charge in [-0.25, -0.2) is 4.99 Å². The molecule has 0 aromatic heterocycles. The van der Waals surface area contributed by atoms with Gasteiger partial charge in [-0.3, -0.25) is 14.5 Å². The fourth-order valence-electron chi connectivity index (χ4n) is 3.76. The Kier molecular flexibility index (Phi) is 8.12. The van der Waals surface area contributed by atoms with Gasteiger partial charge in [-0.2, -0.15) is 0 Å². The average Bonchev–Trinajstić information content (AvgIpc) is 3.18. The van der Waals surface area contributed by atoms with E-state index in [4.69, 9.17) is 19.2 Å². The minimum atomic E-state index is -0.619. The van der Waals surface area contributed by atoms with Crippen molar-refractivity contribution in [3.05, 3.63) is 78.4 Å². The Morgan fingerprint density at radius 1 is 0.917 bits per heavy atom. The number of hydrogen-bond acceptors (Lipinski definition) is 7. The van der Waals surface area contributed by atoms with Crippen molar-refractivity contribution in [2.45, 2.75) is 18.2 Å². The van der Waals surface area contributed by atoms with E-state index < -0.39 is 5.25 Å². The smallest absolute Gasteiger partial charge is 0.242 e. The number of nitrogens with one attached hydrogen (secondary N) is 1. The van der Waals surface area contributed by atoms with Crippen molar-refractivity contribution >= 4 is 40.1 Å². The van der Waals surface area contributed by atoms with Crippen molar-refractivity contribution in [2.75, 3.05) is 26.6 Å². The molecule has 1 N–H and O–H groups in total. The Balaban J connectivity index is 1.58. The molecular weight excluding hydrogens is 478 g/mol. The van der Waals surface area contributed by atoms with Crippen molar-refractivity contribution in [3.8, 4) is 17.2 Å². The lowest BCUT2D eigenvalue weighted by Gasteiger charge is -2.18. The maximum Gasteiger partial charge on any atom is 0.242 e. The maximum absolute atomic E-state index is 13.5. The van der Waals surface area contributed by atoms with Gasteiger partial charge in [0.1, 0.15) is 22.5 Å². The summed E-state index contributed by atoms with van der Waals surface area (Å²) in [6, 6.07) is 21.9. The summed E-state index contributed by atoms with van der Waals surface area (Å²) < 4.78 is 16.0. The monoisotopic (exact) mass is 505 g/mol. The maximum atomic E-state index is 13.5. The van der Waals surface area contributed by atoms with Crippen LogP contribution in [0.25, 0.3) is 0 Å². The van der Waals surface area contributed by atoms with Crippen LogP contribution in [0.4, 0.5) is 11.4 Å². The molecule has 186 valence electrons. The van der Waals surface area contributed by atoms with Gasteiger partial charge in [0.05, 0.1) is 39.2 Å². The Morgan fingerprint density at radius 3 is 2.28 bits per heavy atom. The number of nitrogens with zero attached hydrogens (tertiary/aromatic N) is 2. The van der Waals surface area contributed by atoms with Crippen molar-refractivity contribution in [1.29, 1.82) is 0 Å². The van der Waals surface area contributed by atoms with Crippen LogP contribution in [0.5, 0.6) is 17.2 Å². The summed E-state index contributed by atoms with van der Waals surface area (Å²) in [6.45, 7) is 0.273. The highest BCUT2D eigenvalue weighted by molar-refractivity contribution is 8.15. The van der Waals surface area contributed by atoms with E-state index in [0.29, 0.717) is 33.8 Å². The van der Waals surface area contributed by atoms with Gasteiger partial charge < -0.3 is 19.5 Å². The fraction of sp³-hybridized carbons (Fsp3) is 0.222. The molecule has 36 heavy (non-hydrogen) atoms. The lowest BCUT2D eigenvalue weighted by Crippen LogP contribution is -2.33. The van der Waals surface area contributed by atoms with Crippen LogP contribution in [0.1, 0.15) is 12.0 Å². The number of amidine groups is 1. The first-order valence-electron chi connectivity index (χ1n) is 11.3. The van der Waals surface area contributed by atoms with Gasteiger partial charge in [0.15, 0.2) is 5.17 Å². The number of para-hydroxylation sites is 3. The van der Waals surface area contributed by atoms with Gasteiger partial charge in [0.25, 0.3) is 0 Å². The zero-order valence-electron chi connectivity index (χ0n) is 20.3. The SMILES string of the molecule is COc1ccc(N=C2S[C@@H](CC(=O)Nc3ccccc3OC)C(=O)N2Cc2ccccc2OC)cc1. The predicted octanol–water partition coefficient (Wildman–Crippen LogP) is 4.87. The molecule has 1 aliphatic heterocycles. The van der Waals surface area contributed by atoms with Crippen molar-refractivity contribution < 1.29 is 23.8 Å². The van der Waals surface area contributed by atoms with Crippen LogP contribution in [0, 0.1) is 0 Å². The second kappa shape index (κ2) is 11.6. The fourth-order valence-corrected chi connectivity index (χ4v) is 4.92. The molecule has 3 aromatic carbocycles. The summed E-state index contributed by atoms with van der Waals surface area (Å²) in [6.07, 6.45) is -0.00833. The van der Waals surface area contributed by atoms with Crippen LogP contribution in [-0.4, -0.2) is 48.5 Å². The van der Waals surface area contributed by atoms with Crippen LogP contribution >= 0.6 is 11.8 Å². The van der Waals surface area contributed by atoms with E-state index in [2.05, 4.69) is 5.32 Å². The quantitative estimate of drug-likeness (QED) is 0.446. The minimum absolute atomic E-state index is 0.00833. The number of carbonyl (C=O) groups is 2. The van der Waals surface area contributed by atoms with Gasteiger partial charge in [0, 0.05) is 12.0 Å². The van der Waals surface area contributed by atoms with Gasteiger partial charge in [-0.05, 0) is 42.5 Å². The van der Waals surface area contributed by atoms with Crippen LogP contribution in [0.15, 0.2) is 77.8 Å². The van der Waals surface area contributed by atoms with E-state index in [0.717, 1.165) is 5.56 Å². The molecular formula is C27H27N3O5S. The van der Waals surface area contributed by atoms with E-state index in [1.54, 1.807) is 38.4 Å². The summed E-state index contributed by atoms with van der Waals surface area (Å²) >= 11 is 1.28. The van der Waals surface area contributed by atoms with Crippen LogP contribution < -0.4 is 19.5 Å². The topological polar surface area (TPSA) is 89.5 Å². The molecule has 0 spiro atoms. The number of hydrogen-bond donors (Lipinski definition) is 1. The third-order valence-corrected chi connectivity index (χ3v) is 6.77. The lowest BCUT2D eigenvalue weighted by atomic mass is 10.1. The first-order chi connectivity index (χ1) is 17.5. The summed E-state index contributed by atoms with van der Waals surface area (Å²) in [4.78, 5) is 32.7. The highest BCUT2D eigenvalue weighted by Crippen LogP contribution is 2.35. The molecule has 0 bridgehead atoms.